The van der Waals surface area contributed by atoms with Gasteiger partial charge in [-0.15, -0.1) is 12.4 Å². The lowest BCUT2D eigenvalue weighted by Gasteiger charge is -2.27. The van der Waals surface area contributed by atoms with Crippen molar-refractivity contribution in [3.8, 4) is 0 Å². The van der Waals surface area contributed by atoms with E-state index in [4.69, 9.17) is 17.3 Å². The maximum Gasteiger partial charge on any atom is 0.223 e. The van der Waals surface area contributed by atoms with Gasteiger partial charge in [0.15, 0.2) is 0 Å². The number of rotatable bonds is 6. The molecule has 0 unspecified atom stereocenters. The number of carbonyl (C=O) groups excluding carboxylic acids is 1. The second-order valence-corrected chi connectivity index (χ2v) is 6.38. The first kappa shape index (κ1) is 20.3. The third-order valence-electron chi connectivity index (χ3n) is 3.85. The van der Waals surface area contributed by atoms with E-state index in [2.05, 4.69) is 0 Å². The molecule has 0 atom stereocenters. The summed E-state index contributed by atoms with van der Waals surface area (Å²) in [5.74, 6) is 0.128. The molecule has 0 saturated carbocycles. The monoisotopic (exact) mass is 366 g/mol. The highest BCUT2D eigenvalue weighted by atomic mass is 35.5. The number of anilines is 1. The molecule has 0 saturated heterocycles. The molecule has 0 fully saturated rings. The van der Waals surface area contributed by atoms with Crippen molar-refractivity contribution in [2.24, 2.45) is 0 Å². The number of nitrogen functional groups attached to an aromatic ring is 1. The van der Waals surface area contributed by atoms with Crippen LogP contribution in [-0.4, -0.2) is 16.8 Å². The normalized spacial score (nSPS) is 10.3. The van der Waals surface area contributed by atoms with Crippen LogP contribution in [0.4, 0.5) is 5.69 Å². The van der Waals surface area contributed by atoms with Gasteiger partial charge in [-0.3, -0.25) is 4.79 Å². The zero-order valence-electron chi connectivity index (χ0n) is 14.0. The molecule has 2 N–H and O–H groups in total. The van der Waals surface area contributed by atoms with Crippen molar-refractivity contribution >= 4 is 35.6 Å². The minimum absolute atomic E-state index is 0. The van der Waals surface area contributed by atoms with Crippen LogP contribution in [-0.2, 0) is 17.8 Å². The van der Waals surface area contributed by atoms with E-state index in [9.17, 15) is 4.79 Å². The van der Waals surface area contributed by atoms with Crippen LogP contribution in [0.5, 0.6) is 0 Å². The molecule has 0 aromatic heterocycles. The Labute approximate surface area is 155 Å². The molecule has 0 aliphatic heterocycles. The van der Waals surface area contributed by atoms with Crippen LogP contribution in [0.2, 0.25) is 5.02 Å². The Morgan fingerprint density at radius 1 is 1.17 bits per heavy atom. The van der Waals surface area contributed by atoms with Gasteiger partial charge in [0.25, 0.3) is 0 Å². The van der Waals surface area contributed by atoms with E-state index in [-0.39, 0.29) is 24.4 Å². The molecule has 2 aromatic carbocycles. The number of aryl methyl sites for hydroxylation is 1. The number of amides is 1. The molecule has 1 amide bonds. The molecule has 3 nitrogen and oxygen atoms in total. The summed E-state index contributed by atoms with van der Waals surface area (Å²) >= 11 is 6.03. The van der Waals surface area contributed by atoms with E-state index in [1.807, 2.05) is 67.3 Å². The molecule has 24 heavy (non-hydrogen) atoms. The molecule has 0 spiro atoms. The lowest BCUT2D eigenvalue weighted by atomic mass is 10.1. The molecule has 130 valence electrons. The van der Waals surface area contributed by atoms with Gasteiger partial charge in [0.05, 0.1) is 0 Å². The highest BCUT2D eigenvalue weighted by Crippen LogP contribution is 2.17. The highest BCUT2D eigenvalue weighted by Gasteiger charge is 2.17. The molecule has 0 radical (unpaired) electrons. The van der Waals surface area contributed by atoms with E-state index >= 15 is 0 Å². The van der Waals surface area contributed by atoms with Crippen molar-refractivity contribution in [1.82, 2.24) is 4.90 Å². The fourth-order valence-electron chi connectivity index (χ4n) is 2.54. The Bertz CT molecular complexity index is 674. The summed E-state index contributed by atoms with van der Waals surface area (Å²) in [6, 6.07) is 15.5. The van der Waals surface area contributed by atoms with E-state index < -0.39 is 0 Å². The number of hydrogen-bond donors (Lipinski definition) is 1. The highest BCUT2D eigenvalue weighted by molar-refractivity contribution is 6.30. The summed E-state index contributed by atoms with van der Waals surface area (Å²) in [7, 11) is 0. The standard InChI is InChI=1S/C19H23ClN2O.ClH/c1-14(2)22(13-15-6-5-8-17(20)12-15)19(23)11-10-16-7-3-4-9-18(16)21;/h3-9,12,14H,10-11,13,21H2,1-2H3;1H. The van der Waals surface area contributed by atoms with Crippen LogP contribution in [0.15, 0.2) is 48.5 Å². The Morgan fingerprint density at radius 2 is 1.88 bits per heavy atom. The summed E-state index contributed by atoms with van der Waals surface area (Å²) in [6.07, 6.45) is 1.11. The van der Waals surface area contributed by atoms with Gasteiger partial charge < -0.3 is 10.6 Å². The number of carbonyl (C=O) groups is 1. The zero-order chi connectivity index (χ0) is 16.8. The topological polar surface area (TPSA) is 46.3 Å². The van der Waals surface area contributed by atoms with Gasteiger partial charge in [-0.1, -0.05) is 41.9 Å². The second kappa shape index (κ2) is 9.55. The maximum atomic E-state index is 12.6. The molecule has 0 bridgehead atoms. The lowest BCUT2D eigenvalue weighted by Crippen LogP contribution is -2.36. The van der Waals surface area contributed by atoms with Gasteiger partial charge in [-0.25, -0.2) is 0 Å². The number of benzene rings is 2. The smallest absolute Gasteiger partial charge is 0.223 e. The van der Waals surface area contributed by atoms with Gasteiger partial charge in [0.2, 0.25) is 5.91 Å². The number of para-hydroxylation sites is 1. The van der Waals surface area contributed by atoms with E-state index in [0.29, 0.717) is 24.4 Å². The third kappa shape index (κ3) is 5.73. The van der Waals surface area contributed by atoms with Crippen molar-refractivity contribution < 1.29 is 4.79 Å². The first-order valence-corrected chi connectivity index (χ1v) is 8.22. The number of nitrogens with two attached hydrogens (primary N) is 1. The summed E-state index contributed by atoms with van der Waals surface area (Å²) in [6.45, 7) is 4.62. The van der Waals surface area contributed by atoms with E-state index in [1.165, 1.54) is 0 Å². The van der Waals surface area contributed by atoms with Crippen molar-refractivity contribution in [3.63, 3.8) is 0 Å². The SMILES string of the molecule is CC(C)N(Cc1cccc(Cl)c1)C(=O)CCc1ccccc1N.Cl. The maximum absolute atomic E-state index is 12.6. The zero-order valence-corrected chi connectivity index (χ0v) is 15.6. The summed E-state index contributed by atoms with van der Waals surface area (Å²) in [5, 5.41) is 0.690. The Morgan fingerprint density at radius 3 is 2.50 bits per heavy atom. The second-order valence-electron chi connectivity index (χ2n) is 5.94. The first-order valence-electron chi connectivity index (χ1n) is 7.84. The molecular weight excluding hydrogens is 343 g/mol. The largest absolute Gasteiger partial charge is 0.399 e. The molecule has 0 aliphatic rings. The van der Waals surface area contributed by atoms with Crippen molar-refractivity contribution in [2.75, 3.05) is 5.73 Å². The predicted molar refractivity (Wildman–Crippen MR) is 104 cm³/mol. The van der Waals surface area contributed by atoms with Crippen molar-refractivity contribution in [3.05, 3.63) is 64.7 Å². The molecule has 0 aliphatic carbocycles. The molecule has 2 aromatic rings. The predicted octanol–water partition coefficient (Wildman–Crippen LogP) is 4.71. The number of hydrogen-bond acceptors (Lipinski definition) is 2. The van der Waals surface area contributed by atoms with Crippen LogP contribution >= 0.6 is 24.0 Å². The van der Waals surface area contributed by atoms with E-state index in [1.54, 1.807) is 0 Å². The summed E-state index contributed by atoms with van der Waals surface area (Å²) < 4.78 is 0. The molecule has 2 rings (SSSR count). The van der Waals surface area contributed by atoms with Crippen molar-refractivity contribution in [1.29, 1.82) is 0 Å². The van der Waals surface area contributed by atoms with Crippen LogP contribution in [0.1, 0.15) is 31.4 Å². The Kier molecular flexibility index (Phi) is 8.09. The Balaban J connectivity index is 0.00000288. The van der Waals surface area contributed by atoms with Crippen molar-refractivity contribution in [2.45, 2.75) is 39.3 Å². The average Bonchev–Trinajstić information content (AvgIpc) is 2.51. The first-order chi connectivity index (χ1) is 11.0. The average molecular weight is 367 g/mol. The quantitative estimate of drug-likeness (QED) is 0.752. The minimum atomic E-state index is 0. The molecule has 0 heterocycles. The fraction of sp³-hybridized carbons (Fsp3) is 0.316. The van der Waals surface area contributed by atoms with Crippen LogP contribution in [0, 0.1) is 0 Å². The lowest BCUT2D eigenvalue weighted by molar-refractivity contribution is -0.133. The van der Waals surface area contributed by atoms with Gasteiger partial charge in [0.1, 0.15) is 0 Å². The van der Waals surface area contributed by atoms with Crippen LogP contribution in [0.25, 0.3) is 0 Å². The van der Waals surface area contributed by atoms with E-state index in [0.717, 1.165) is 16.8 Å². The van der Waals surface area contributed by atoms with Crippen LogP contribution in [0.3, 0.4) is 0 Å². The van der Waals surface area contributed by atoms with Gasteiger partial charge in [-0.2, -0.15) is 0 Å². The molecule has 5 heteroatoms. The Hall–Kier alpha value is -1.71. The van der Waals surface area contributed by atoms with Gasteiger partial charge in [0, 0.05) is 29.7 Å². The minimum Gasteiger partial charge on any atom is -0.399 e. The van der Waals surface area contributed by atoms with Gasteiger partial charge in [-0.05, 0) is 49.6 Å². The third-order valence-corrected chi connectivity index (χ3v) is 4.08. The summed E-state index contributed by atoms with van der Waals surface area (Å²) in [4.78, 5) is 14.5. The number of nitrogens with zero attached hydrogens (tertiary/aromatic N) is 1. The fourth-order valence-corrected chi connectivity index (χ4v) is 2.75. The van der Waals surface area contributed by atoms with Crippen LogP contribution < -0.4 is 5.73 Å². The van der Waals surface area contributed by atoms with Gasteiger partial charge >= 0.3 is 0 Å². The number of halogens is 2. The molecular formula is C19H24Cl2N2O. The summed E-state index contributed by atoms with van der Waals surface area (Å²) in [5.41, 5.74) is 8.75.